The Bertz CT molecular complexity index is 430. The second kappa shape index (κ2) is 6.13. The molecule has 0 radical (unpaired) electrons. The Labute approximate surface area is 118 Å². The van der Waals surface area contributed by atoms with E-state index < -0.39 is 11.7 Å². The average molecular weight is 338 g/mol. The van der Waals surface area contributed by atoms with Crippen molar-refractivity contribution in [3.8, 4) is 5.75 Å². The Kier molecular flexibility index (Phi) is 4.73. The highest BCUT2D eigenvalue weighted by molar-refractivity contribution is 9.10. The first kappa shape index (κ1) is 14.7. The fourth-order valence-corrected chi connectivity index (χ4v) is 2.45. The van der Waals surface area contributed by atoms with Gasteiger partial charge in [0.25, 0.3) is 0 Å². The van der Waals surface area contributed by atoms with Crippen LogP contribution in [-0.2, 0) is 6.18 Å². The normalized spacial score (nSPS) is 20.3. The number of benzene rings is 1. The Hall–Kier alpha value is -0.750. The van der Waals surface area contributed by atoms with Crippen LogP contribution in [0.15, 0.2) is 22.7 Å². The topological polar surface area (TPSA) is 21.3 Å². The molecule has 1 heterocycles. The van der Waals surface area contributed by atoms with Crippen LogP contribution in [0.1, 0.15) is 24.8 Å². The molecule has 106 valence electrons. The van der Waals surface area contributed by atoms with Crippen molar-refractivity contribution in [2.45, 2.75) is 31.5 Å². The fourth-order valence-electron chi connectivity index (χ4n) is 2.11. The highest BCUT2D eigenvalue weighted by Gasteiger charge is 2.34. The van der Waals surface area contributed by atoms with Crippen molar-refractivity contribution < 1.29 is 17.9 Å². The molecule has 0 amide bonds. The maximum atomic E-state index is 12.8. The minimum atomic E-state index is -4.39. The zero-order chi connectivity index (χ0) is 13.9. The molecule has 2 rings (SSSR count). The maximum absolute atomic E-state index is 12.8. The van der Waals surface area contributed by atoms with Gasteiger partial charge in [-0.1, -0.05) is 22.4 Å². The smallest absolute Gasteiger partial charge is 0.419 e. The summed E-state index contributed by atoms with van der Waals surface area (Å²) in [6, 6.07) is 3.90. The van der Waals surface area contributed by atoms with E-state index in [-0.39, 0.29) is 18.4 Å². The highest BCUT2D eigenvalue weighted by Crippen LogP contribution is 2.37. The van der Waals surface area contributed by atoms with Gasteiger partial charge in [0.1, 0.15) is 12.4 Å². The molecule has 1 N–H and O–H groups in total. The van der Waals surface area contributed by atoms with Gasteiger partial charge in [0.2, 0.25) is 0 Å². The van der Waals surface area contributed by atoms with E-state index in [1.54, 1.807) is 0 Å². The minimum absolute atomic E-state index is 0.116. The van der Waals surface area contributed by atoms with E-state index >= 15 is 0 Å². The number of ether oxygens (including phenoxy) is 1. The van der Waals surface area contributed by atoms with Crippen molar-refractivity contribution in [3.63, 3.8) is 0 Å². The zero-order valence-electron chi connectivity index (χ0n) is 10.3. The summed E-state index contributed by atoms with van der Waals surface area (Å²) in [4.78, 5) is 0. The lowest BCUT2D eigenvalue weighted by Gasteiger charge is -2.24. The van der Waals surface area contributed by atoms with Gasteiger partial charge in [-0.15, -0.1) is 0 Å². The third-order valence-corrected chi connectivity index (χ3v) is 3.59. The average Bonchev–Trinajstić information content (AvgIpc) is 2.36. The Balaban J connectivity index is 2.07. The molecule has 0 spiro atoms. The van der Waals surface area contributed by atoms with Crippen molar-refractivity contribution in [3.05, 3.63) is 28.2 Å². The third-order valence-electron chi connectivity index (χ3n) is 3.10. The van der Waals surface area contributed by atoms with Crippen molar-refractivity contribution in [1.82, 2.24) is 5.32 Å². The second-order valence-electron chi connectivity index (χ2n) is 4.60. The maximum Gasteiger partial charge on any atom is 0.419 e. The van der Waals surface area contributed by atoms with E-state index in [0.717, 1.165) is 31.9 Å². The molecule has 1 fully saturated rings. The predicted molar refractivity (Wildman–Crippen MR) is 70.3 cm³/mol. The summed E-state index contributed by atoms with van der Waals surface area (Å²) in [6.07, 6.45) is -1.25. The van der Waals surface area contributed by atoms with Gasteiger partial charge in [-0.2, -0.15) is 13.2 Å². The van der Waals surface area contributed by atoms with Crippen LogP contribution in [0.3, 0.4) is 0 Å². The molecule has 1 aliphatic rings. The molecular weight excluding hydrogens is 323 g/mol. The summed E-state index contributed by atoms with van der Waals surface area (Å²) < 4.78 is 44.5. The molecule has 1 aromatic rings. The van der Waals surface area contributed by atoms with Gasteiger partial charge >= 0.3 is 6.18 Å². The van der Waals surface area contributed by atoms with Crippen molar-refractivity contribution >= 4 is 15.9 Å². The summed E-state index contributed by atoms with van der Waals surface area (Å²) in [5, 5.41) is 3.24. The Morgan fingerprint density at radius 3 is 2.74 bits per heavy atom. The van der Waals surface area contributed by atoms with Crippen LogP contribution >= 0.6 is 15.9 Å². The number of alkyl halides is 3. The SMILES string of the molecule is FC(F)(F)c1ccc(Br)cc1OCC1CCCCN1. The number of hydrogen-bond donors (Lipinski definition) is 1. The molecule has 19 heavy (non-hydrogen) atoms. The molecule has 1 atom stereocenters. The first-order chi connectivity index (χ1) is 8.97. The first-order valence-corrected chi connectivity index (χ1v) is 6.99. The summed E-state index contributed by atoms with van der Waals surface area (Å²) in [6.45, 7) is 1.16. The standard InChI is InChI=1S/C13H15BrF3NO/c14-9-4-5-11(13(15,16)17)12(7-9)19-8-10-3-1-2-6-18-10/h4-5,7,10,18H,1-3,6,8H2. The number of rotatable bonds is 3. The number of nitrogens with one attached hydrogen (secondary N) is 1. The van der Waals surface area contributed by atoms with E-state index in [4.69, 9.17) is 4.74 Å². The van der Waals surface area contributed by atoms with E-state index in [0.29, 0.717) is 4.47 Å². The van der Waals surface area contributed by atoms with Gasteiger partial charge in [0.15, 0.2) is 0 Å². The van der Waals surface area contributed by atoms with Crippen LogP contribution < -0.4 is 10.1 Å². The lowest BCUT2D eigenvalue weighted by atomic mass is 10.1. The van der Waals surface area contributed by atoms with Gasteiger partial charge in [-0.25, -0.2) is 0 Å². The van der Waals surface area contributed by atoms with Gasteiger partial charge in [-0.05, 0) is 37.6 Å². The van der Waals surface area contributed by atoms with E-state index in [9.17, 15) is 13.2 Å². The predicted octanol–water partition coefficient (Wildman–Crippen LogP) is 3.99. The molecule has 2 nitrogen and oxygen atoms in total. The van der Waals surface area contributed by atoms with Gasteiger partial charge < -0.3 is 10.1 Å². The molecule has 0 aliphatic carbocycles. The largest absolute Gasteiger partial charge is 0.491 e. The van der Waals surface area contributed by atoms with Gasteiger partial charge in [-0.3, -0.25) is 0 Å². The lowest BCUT2D eigenvalue weighted by molar-refractivity contribution is -0.139. The highest BCUT2D eigenvalue weighted by atomic mass is 79.9. The Morgan fingerprint density at radius 2 is 2.11 bits per heavy atom. The molecule has 0 saturated carbocycles. The monoisotopic (exact) mass is 337 g/mol. The van der Waals surface area contributed by atoms with Crippen molar-refractivity contribution in [2.24, 2.45) is 0 Å². The summed E-state index contributed by atoms with van der Waals surface area (Å²) in [7, 11) is 0. The second-order valence-corrected chi connectivity index (χ2v) is 5.51. The minimum Gasteiger partial charge on any atom is -0.491 e. The van der Waals surface area contributed by atoms with Crippen LogP contribution in [0.5, 0.6) is 5.75 Å². The van der Waals surface area contributed by atoms with Crippen LogP contribution in [0.4, 0.5) is 13.2 Å². The van der Waals surface area contributed by atoms with Crippen molar-refractivity contribution in [1.29, 1.82) is 0 Å². The fraction of sp³-hybridized carbons (Fsp3) is 0.538. The molecule has 6 heteroatoms. The van der Waals surface area contributed by atoms with Crippen LogP contribution in [0.25, 0.3) is 0 Å². The molecule has 0 bridgehead atoms. The summed E-state index contributed by atoms with van der Waals surface area (Å²) >= 11 is 3.17. The molecule has 0 aromatic heterocycles. The zero-order valence-corrected chi connectivity index (χ0v) is 11.9. The first-order valence-electron chi connectivity index (χ1n) is 6.20. The van der Waals surface area contributed by atoms with Crippen LogP contribution in [0.2, 0.25) is 0 Å². The van der Waals surface area contributed by atoms with Crippen LogP contribution in [-0.4, -0.2) is 19.2 Å². The molecule has 1 aromatic carbocycles. The third kappa shape index (κ3) is 4.11. The van der Waals surface area contributed by atoms with Gasteiger partial charge in [0.05, 0.1) is 5.56 Å². The van der Waals surface area contributed by atoms with E-state index in [1.807, 2.05) is 0 Å². The van der Waals surface area contributed by atoms with E-state index in [2.05, 4.69) is 21.2 Å². The van der Waals surface area contributed by atoms with E-state index in [1.165, 1.54) is 12.1 Å². The quantitative estimate of drug-likeness (QED) is 0.900. The Morgan fingerprint density at radius 1 is 1.32 bits per heavy atom. The lowest BCUT2D eigenvalue weighted by Crippen LogP contribution is -2.38. The summed E-state index contributed by atoms with van der Waals surface area (Å²) in [5.74, 6) is -0.116. The molecule has 1 unspecified atom stereocenters. The molecular formula is C13H15BrF3NO. The number of halogens is 4. The van der Waals surface area contributed by atoms with Crippen molar-refractivity contribution in [2.75, 3.05) is 13.2 Å². The number of hydrogen-bond acceptors (Lipinski definition) is 2. The number of piperidine rings is 1. The molecule has 1 aliphatic heterocycles. The van der Waals surface area contributed by atoms with Gasteiger partial charge in [0, 0.05) is 10.5 Å². The summed E-state index contributed by atoms with van der Waals surface area (Å²) in [5.41, 5.74) is -0.730. The molecule has 1 saturated heterocycles. The van der Waals surface area contributed by atoms with Crippen LogP contribution in [0, 0.1) is 0 Å².